The highest BCUT2D eigenvalue weighted by atomic mass is 15.0. The van der Waals surface area contributed by atoms with Gasteiger partial charge in [-0.05, 0) is 57.3 Å². The number of para-hydroxylation sites is 1. The number of nitrogens with zero attached hydrogens (tertiary/aromatic N) is 4. The molecule has 4 nitrogen and oxygen atoms in total. The Hall–Kier alpha value is -6.65. The summed E-state index contributed by atoms with van der Waals surface area (Å²) in [7, 11) is 0. The van der Waals surface area contributed by atoms with Crippen LogP contribution in [0.2, 0.25) is 0 Å². The Morgan fingerprint density at radius 2 is 0.939 bits per heavy atom. The molecule has 0 aliphatic rings. The van der Waals surface area contributed by atoms with Gasteiger partial charge in [0.15, 0.2) is 17.5 Å². The van der Waals surface area contributed by atoms with Crippen molar-refractivity contribution in [3.63, 3.8) is 0 Å². The van der Waals surface area contributed by atoms with Crippen molar-refractivity contribution in [3.8, 4) is 39.9 Å². The molecule has 2 aromatic heterocycles. The van der Waals surface area contributed by atoms with Crippen molar-refractivity contribution in [2.45, 2.75) is 0 Å². The minimum Gasteiger partial charge on any atom is -0.309 e. The molecule has 0 unspecified atom stereocenters. The van der Waals surface area contributed by atoms with Crippen molar-refractivity contribution in [1.29, 1.82) is 0 Å². The highest BCUT2D eigenvalue weighted by Gasteiger charge is 2.18. The average molecular weight is 625 g/mol. The summed E-state index contributed by atoms with van der Waals surface area (Å²) in [4.78, 5) is 15.3. The lowest BCUT2D eigenvalue weighted by Crippen LogP contribution is -2.01. The second kappa shape index (κ2) is 11.0. The molecular formula is C45H28N4. The summed E-state index contributed by atoms with van der Waals surface area (Å²) in [5, 5.41) is 9.49. The van der Waals surface area contributed by atoms with Gasteiger partial charge >= 0.3 is 0 Å². The monoisotopic (exact) mass is 624 g/mol. The number of aromatic nitrogens is 4. The van der Waals surface area contributed by atoms with E-state index in [4.69, 9.17) is 15.0 Å². The molecule has 0 saturated heterocycles. The summed E-state index contributed by atoms with van der Waals surface area (Å²) in [6.07, 6.45) is 0. The molecule has 10 rings (SSSR count). The largest absolute Gasteiger partial charge is 0.309 e. The van der Waals surface area contributed by atoms with Crippen LogP contribution in [0.3, 0.4) is 0 Å². The number of fused-ring (bicyclic) bond motifs is 6. The fourth-order valence-corrected chi connectivity index (χ4v) is 7.27. The van der Waals surface area contributed by atoms with E-state index >= 15 is 0 Å². The zero-order chi connectivity index (χ0) is 32.3. The first-order valence-corrected chi connectivity index (χ1v) is 16.5. The highest BCUT2D eigenvalue weighted by Crippen LogP contribution is 2.39. The third kappa shape index (κ3) is 4.49. The molecule has 8 aromatic carbocycles. The van der Waals surface area contributed by atoms with Gasteiger partial charge in [-0.15, -0.1) is 0 Å². The lowest BCUT2D eigenvalue weighted by Gasteiger charge is -2.14. The van der Waals surface area contributed by atoms with Crippen molar-refractivity contribution in [3.05, 3.63) is 170 Å². The van der Waals surface area contributed by atoms with Crippen LogP contribution in [-0.2, 0) is 0 Å². The van der Waals surface area contributed by atoms with E-state index in [0.29, 0.717) is 17.5 Å². The van der Waals surface area contributed by atoms with E-state index in [9.17, 15) is 0 Å². The zero-order valence-corrected chi connectivity index (χ0v) is 26.5. The van der Waals surface area contributed by atoms with Crippen molar-refractivity contribution < 1.29 is 0 Å². The first-order chi connectivity index (χ1) is 24.3. The summed E-state index contributed by atoms with van der Waals surface area (Å²) in [5.74, 6) is 1.95. The minimum atomic E-state index is 0.646. The van der Waals surface area contributed by atoms with Gasteiger partial charge in [-0.3, -0.25) is 0 Å². The van der Waals surface area contributed by atoms with E-state index < -0.39 is 0 Å². The van der Waals surface area contributed by atoms with Gasteiger partial charge in [0.25, 0.3) is 0 Å². The molecule has 4 heteroatoms. The molecule has 10 aromatic rings. The molecule has 0 amide bonds. The van der Waals surface area contributed by atoms with Crippen molar-refractivity contribution in [1.82, 2.24) is 19.5 Å². The smallest absolute Gasteiger partial charge is 0.164 e. The third-order valence-corrected chi connectivity index (χ3v) is 9.60. The van der Waals surface area contributed by atoms with Crippen LogP contribution >= 0.6 is 0 Å². The van der Waals surface area contributed by atoms with Gasteiger partial charge in [0, 0.05) is 32.8 Å². The second-order valence-corrected chi connectivity index (χ2v) is 12.5. The second-order valence-electron chi connectivity index (χ2n) is 12.5. The van der Waals surface area contributed by atoms with E-state index in [2.05, 4.69) is 156 Å². The molecule has 2 heterocycles. The molecule has 0 atom stereocenters. The van der Waals surface area contributed by atoms with Crippen LogP contribution < -0.4 is 0 Å². The lowest BCUT2D eigenvalue weighted by atomic mass is 10.0. The van der Waals surface area contributed by atoms with Gasteiger partial charge in [0.05, 0.1) is 16.7 Å². The Balaban J connectivity index is 1.22. The van der Waals surface area contributed by atoms with Crippen LogP contribution in [0, 0.1) is 0 Å². The van der Waals surface area contributed by atoms with E-state index in [-0.39, 0.29) is 0 Å². The molecule has 0 aliphatic carbocycles. The SMILES string of the molecule is c1ccc(-c2nc(-c3ccc4ccccc4c3)nc(-c3cccc4c(-n5c6ccccc6c6cc7ccccc7cc65)cccc34)n2)cc1. The minimum absolute atomic E-state index is 0.646. The third-order valence-electron chi connectivity index (χ3n) is 9.60. The van der Waals surface area contributed by atoms with Crippen molar-refractivity contribution in [2.75, 3.05) is 0 Å². The van der Waals surface area contributed by atoms with E-state index in [0.717, 1.165) is 38.5 Å². The maximum absolute atomic E-state index is 5.15. The van der Waals surface area contributed by atoms with Crippen molar-refractivity contribution >= 4 is 54.1 Å². The zero-order valence-electron chi connectivity index (χ0n) is 26.5. The fourth-order valence-electron chi connectivity index (χ4n) is 7.27. The molecule has 0 fully saturated rings. The molecule has 49 heavy (non-hydrogen) atoms. The number of benzene rings is 8. The normalized spacial score (nSPS) is 11.7. The Labute approximate surface area is 282 Å². The summed E-state index contributed by atoms with van der Waals surface area (Å²) >= 11 is 0. The van der Waals surface area contributed by atoms with Crippen LogP contribution in [-0.4, -0.2) is 19.5 Å². The van der Waals surface area contributed by atoms with Crippen LogP contribution in [0.5, 0.6) is 0 Å². The summed E-state index contributed by atoms with van der Waals surface area (Å²) in [6, 6.07) is 59.9. The molecule has 0 saturated carbocycles. The standard InChI is InChI=1S/C45H28N4/c1-2-13-30(14-3-1)43-46-44(34-25-24-29-12-4-5-15-31(29)26-34)48-45(47-43)38-21-10-20-36-35(38)19-11-23-41(36)49-40-22-9-8-18-37(40)39-27-32-16-6-7-17-33(32)28-42(39)49/h1-28H. The van der Waals surface area contributed by atoms with Crippen LogP contribution in [0.4, 0.5) is 0 Å². The maximum Gasteiger partial charge on any atom is 0.164 e. The van der Waals surface area contributed by atoms with Gasteiger partial charge < -0.3 is 4.57 Å². The van der Waals surface area contributed by atoms with Gasteiger partial charge in [-0.2, -0.15) is 0 Å². The van der Waals surface area contributed by atoms with Gasteiger partial charge in [0.2, 0.25) is 0 Å². The molecule has 0 N–H and O–H groups in total. The first-order valence-electron chi connectivity index (χ1n) is 16.5. The van der Waals surface area contributed by atoms with Gasteiger partial charge in [-0.1, -0.05) is 140 Å². The summed E-state index contributed by atoms with van der Waals surface area (Å²) < 4.78 is 2.41. The van der Waals surface area contributed by atoms with Crippen LogP contribution in [0.15, 0.2) is 170 Å². The van der Waals surface area contributed by atoms with E-state index in [1.807, 2.05) is 18.2 Å². The van der Waals surface area contributed by atoms with Gasteiger partial charge in [-0.25, -0.2) is 15.0 Å². The maximum atomic E-state index is 5.15. The fraction of sp³-hybridized carbons (Fsp3) is 0. The number of hydrogen-bond donors (Lipinski definition) is 0. The average Bonchev–Trinajstić information content (AvgIpc) is 3.49. The Bertz CT molecular complexity index is 2890. The van der Waals surface area contributed by atoms with Crippen LogP contribution in [0.25, 0.3) is 94.0 Å². The summed E-state index contributed by atoms with van der Waals surface area (Å²) in [6.45, 7) is 0. The molecular weight excluding hydrogens is 597 g/mol. The Morgan fingerprint density at radius 1 is 0.327 bits per heavy atom. The first kappa shape index (κ1) is 27.5. The van der Waals surface area contributed by atoms with Gasteiger partial charge in [0.1, 0.15) is 0 Å². The predicted octanol–water partition coefficient (Wildman–Crippen LogP) is 11.4. The topological polar surface area (TPSA) is 43.6 Å². The van der Waals surface area contributed by atoms with Crippen molar-refractivity contribution in [2.24, 2.45) is 0 Å². The molecule has 0 radical (unpaired) electrons. The van der Waals surface area contributed by atoms with Crippen LogP contribution in [0.1, 0.15) is 0 Å². The lowest BCUT2D eigenvalue weighted by molar-refractivity contribution is 1.08. The molecule has 228 valence electrons. The summed E-state index contributed by atoms with van der Waals surface area (Å²) in [5.41, 5.74) is 6.35. The predicted molar refractivity (Wildman–Crippen MR) is 203 cm³/mol. The number of rotatable bonds is 4. The molecule has 0 spiro atoms. The molecule has 0 aliphatic heterocycles. The Morgan fingerprint density at radius 3 is 1.78 bits per heavy atom. The Kier molecular flexibility index (Phi) is 6.15. The van der Waals surface area contributed by atoms with E-state index in [1.165, 1.54) is 38.0 Å². The van der Waals surface area contributed by atoms with E-state index in [1.54, 1.807) is 0 Å². The molecule has 0 bridgehead atoms. The highest BCUT2D eigenvalue weighted by molar-refractivity contribution is 6.15. The quantitative estimate of drug-likeness (QED) is 0.196. The number of hydrogen-bond acceptors (Lipinski definition) is 3.